The van der Waals surface area contributed by atoms with Gasteiger partial charge in [-0.2, -0.15) is 0 Å². The average molecular weight is 264 g/mol. The van der Waals surface area contributed by atoms with Crippen molar-refractivity contribution in [2.75, 3.05) is 18.0 Å². The molecule has 0 spiro atoms. The monoisotopic (exact) mass is 264 g/mol. The highest BCUT2D eigenvalue weighted by atomic mass is 19.1. The molecule has 1 N–H and O–H groups in total. The molecule has 1 fully saturated rings. The first kappa shape index (κ1) is 14.3. The van der Waals surface area contributed by atoms with Crippen LogP contribution in [0.1, 0.15) is 45.1 Å². The predicted molar refractivity (Wildman–Crippen MR) is 79.1 cm³/mol. The van der Waals surface area contributed by atoms with Gasteiger partial charge in [0, 0.05) is 31.4 Å². The fraction of sp³-hybridized carbons (Fsp3) is 0.625. The van der Waals surface area contributed by atoms with Gasteiger partial charge in [0.25, 0.3) is 0 Å². The molecule has 0 bridgehead atoms. The lowest BCUT2D eigenvalue weighted by atomic mass is 10.1. The minimum Gasteiger partial charge on any atom is -0.371 e. The number of hydrogen-bond donors (Lipinski definition) is 1. The molecule has 1 aliphatic carbocycles. The van der Waals surface area contributed by atoms with E-state index in [1.807, 2.05) is 6.07 Å². The number of nitrogens with one attached hydrogen (secondary N) is 1. The van der Waals surface area contributed by atoms with E-state index < -0.39 is 0 Å². The Balaban J connectivity index is 2.14. The Labute approximate surface area is 116 Å². The molecule has 2 rings (SSSR count). The van der Waals surface area contributed by atoms with E-state index in [2.05, 4.69) is 24.1 Å². The van der Waals surface area contributed by atoms with Gasteiger partial charge < -0.3 is 10.2 Å². The maximum Gasteiger partial charge on any atom is 0.123 e. The minimum atomic E-state index is -0.135. The highest BCUT2D eigenvalue weighted by Crippen LogP contribution is 2.25. The number of halogens is 1. The van der Waals surface area contributed by atoms with Gasteiger partial charge in [-0.1, -0.05) is 13.8 Å². The number of hydrogen-bond acceptors (Lipinski definition) is 2. The predicted octanol–water partition coefficient (Wildman–Crippen LogP) is 3.70. The quantitative estimate of drug-likeness (QED) is 0.770. The second-order valence-electron chi connectivity index (χ2n) is 5.42. The normalized spacial score (nSPS) is 14.7. The molecule has 1 aromatic carbocycles. The van der Waals surface area contributed by atoms with Crippen LogP contribution in [0.15, 0.2) is 18.2 Å². The molecule has 3 heteroatoms. The van der Waals surface area contributed by atoms with Gasteiger partial charge in [-0.3, -0.25) is 0 Å². The Kier molecular flexibility index (Phi) is 5.20. The van der Waals surface area contributed by atoms with Crippen LogP contribution >= 0.6 is 0 Å². The van der Waals surface area contributed by atoms with Gasteiger partial charge in [-0.25, -0.2) is 4.39 Å². The zero-order chi connectivity index (χ0) is 13.7. The van der Waals surface area contributed by atoms with E-state index in [1.54, 1.807) is 12.1 Å². The second kappa shape index (κ2) is 6.90. The van der Waals surface area contributed by atoms with Crippen molar-refractivity contribution in [3.8, 4) is 0 Å². The van der Waals surface area contributed by atoms with Crippen molar-refractivity contribution in [1.82, 2.24) is 5.32 Å². The molecular formula is C16H25FN2. The van der Waals surface area contributed by atoms with Crippen LogP contribution < -0.4 is 10.2 Å². The molecule has 0 heterocycles. The van der Waals surface area contributed by atoms with Crippen molar-refractivity contribution < 1.29 is 4.39 Å². The Hall–Kier alpha value is -1.09. The topological polar surface area (TPSA) is 15.3 Å². The molecule has 106 valence electrons. The second-order valence-corrected chi connectivity index (χ2v) is 5.42. The van der Waals surface area contributed by atoms with Crippen LogP contribution in [-0.2, 0) is 6.54 Å². The molecule has 0 atom stereocenters. The summed E-state index contributed by atoms with van der Waals surface area (Å²) in [5.41, 5.74) is 2.28. The molecule has 2 nitrogen and oxygen atoms in total. The lowest BCUT2D eigenvalue weighted by molar-refractivity contribution is 0.617. The first-order valence-corrected chi connectivity index (χ1v) is 7.51. The van der Waals surface area contributed by atoms with Crippen molar-refractivity contribution in [3.05, 3.63) is 29.6 Å². The van der Waals surface area contributed by atoms with Gasteiger partial charge in [-0.05, 0) is 49.4 Å². The number of nitrogens with zero attached hydrogens (tertiary/aromatic N) is 1. The molecule has 0 radical (unpaired) electrons. The molecule has 19 heavy (non-hydrogen) atoms. The van der Waals surface area contributed by atoms with Crippen molar-refractivity contribution in [3.63, 3.8) is 0 Å². The first-order valence-electron chi connectivity index (χ1n) is 7.51. The molecule has 0 unspecified atom stereocenters. The van der Waals surface area contributed by atoms with Crippen LogP contribution in [0.5, 0.6) is 0 Å². The van der Waals surface area contributed by atoms with E-state index in [0.29, 0.717) is 6.04 Å². The molecular weight excluding hydrogens is 239 g/mol. The van der Waals surface area contributed by atoms with E-state index in [1.165, 1.54) is 18.5 Å². The smallest absolute Gasteiger partial charge is 0.123 e. The Morgan fingerprint density at radius 1 is 1.21 bits per heavy atom. The van der Waals surface area contributed by atoms with E-state index >= 15 is 0 Å². The summed E-state index contributed by atoms with van der Waals surface area (Å²) in [6.07, 6.45) is 4.76. The first-order chi connectivity index (χ1) is 9.24. The van der Waals surface area contributed by atoms with Crippen LogP contribution in [0.4, 0.5) is 10.1 Å². The SMILES string of the molecule is CCCN(CCC)c1ccc(F)cc1CNC1CC1. The maximum atomic E-state index is 13.5. The highest BCUT2D eigenvalue weighted by Gasteiger charge is 2.21. The van der Waals surface area contributed by atoms with Crippen LogP contribution in [0, 0.1) is 5.82 Å². The fourth-order valence-electron chi connectivity index (χ4n) is 2.44. The largest absolute Gasteiger partial charge is 0.371 e. The highest BCUT2D eigenvalue weighted by molar-refractivity contribution is 5.54. The van der Waals surface area contributed by atoms with E-state index in [4.69, 9.17) is 0 Å². The third kappa shape index (κ3) is 4.20. The van der Waals surface area contributed by atoms with Crippen molar-refractivity contribution >= 4 is 5.69 Å². The zero-order valence-electron chi connectivity index (χ0n) is 12.1. The Bertz CT molecular complexity index is 396. The summed E-state index contributed by atoms with van der Waals surface area (Å²) in [5, 5.41) is 3.49. The van der Waals surface area contributed by atoms with Gasteiger partial charge in [-0.15, -0.1) is 0 Å². The van der Waals surface area contributed by atoms with Crippen LogP contribution in [0.3, 0.4) is 0 Å². The van der Waals surface area contributed by atoms with Gasteiger partial charge in [0.2, 0.25) is 0 Å². The summed E-state index contributed by atoms with van der Waals surface area (Å²) in [6.45, 7) is 7.23. The summed E-state index contributed by atoms with van der Waals surface area (Å²) in [5.74, 6) is -0.135. The Morgan fingerprint density at radius 2 is 1.89 bits per heavy atom. The van der Waals surface area contributed by atoms with E-state index in [0.717, 1.165) is 38.0 Å². The number of benzene rings is 1. The van der Waals surface area contributed by atoms with Gasteiger partial charge in [0.05, 0.1) is 0 Å². The number of rotatable bonds is 8. The zero-order valence-corrected chi connectivity index (χ0v) is 12.1. The van der Waals surface area contributed by atoms with Crippen LogP contribution in [-0.4, -0.2) is 19.1 Å². The standard InChI is InChI=1S/C16H25FN2/c1-3-9-19(10-4-2)16-8-5-14(17)11-13(16)12-18-15-6-7-15/h5,8,11,15,18H,3-4,6-7,9-10,12H2,1-2H3. The Morgan fingerprint density at radius 3 is 2.47 bits per heavy atom. The van der Waals surface area contributed by atoms with Crippen molar-refractivity contribution in [2.24, 2.45) is 0 Å². The van der Waals surface area contributed by atoms with E-state index in [9.17, 15) is 4.39 Å². The summed E-state index contributed by atoms with van der Waals surface area (Å²) >= 11 is 0. The van der Waals surface area contributed by atoms with Crippen LogP contribution in [0.2, 0.25) is 0 Å². The summed E-state index contributed by atoms with van der Waals surface area (Å²) in [4.78, 5) is 2.38. The summed E-state index contributed by atoms with van der Waals surface area (Å²) < 4.78 is 13.5. The molecule has 0 amide bonds. The lowest BCUT2D eigenvalue weighted by Gasteiger charge is -2.26. The maximum absolute atomic E-state index is 13.5. The molecule has 1 aliphatic rings. The van der Waals surface area contributed by atoms with E-state index in [-0.39, 0.29) is 5.82 Å². The van der Waals surface area contributed by atoms with Gasteiger partial charge in [0.15, 0.2) is 0 Å². The molecule has 0 saturated heterocycles. The average Bonchev–Trinajstić information content (AvgIpc) is 3.20. The third-order valence-electron chi connectivity index (χ3n) is 3.53. The summed E-state index contributed by atoms with van der Waals surface area (Å²) in [7, 11) is 0. The molecule has 0 aromatic heterocycles. The third-order valence-corrected chi connectivity index (χ3v) is 3.53. The number of anilines is 1. The minimum absolute atomic E-state index is 0.135. The van der Waals surface area contributed by atoms with Crippen molar-refractivity contribution in [2.45, 2.75) is 52.1 Å². The molecule has 1 saturated carbocycles. The van der Waals surface area contributed by atoms with Gasteiger partial charge >= 0.3 is 0 Å². The summed E-state index contributed by atoms with van der Waals surface area (Å²) in [6, 6.07) is 5.85. The molecule has 0 aliphatic heterocycles. The molecule has 1 aromatic rings. The van der Waals surface area contributed by atoms with Gasteiger partial charge in [0.1, 0.15) is 5.82 Å². The van der Waals surface area contributed by atoms with Crippen LogP contribution in [0.25, 0.3) is 0 Å². The fourth-order valence-corrected chi connectivity index (χ4v) is 2.44. The lowest BCUT2D eigenvalue weighted by Crippen LogP contribution is -2.27. The van der Waals surface area contributed by atoms with Crippen molar-refractivity contribution in [1.29, 1.82) is 0 Å².